The van der Waals surface area contributed by atoms with Gasteiger partial charge in [0.05, 0.1) is 0 Å². The highest BCUT2D eigenvalue weighted by Gasteiger charge is 2.04. The van der Waals surface area contributed by atoms with Crippen LogP contribution in [0, 0.1) is 19.7 Å². The van der Waals surface area contributed by atoms with Gasteiger partial charge in [0.15, 0.2) is 0 Å². The Kier molecular flexibility index (Phi) is 3.82. The maximum atomic E-state index is 13.5. The van der Waals surface area contributed by atoms with E-state index in [2.05, 4.69) is 17.6 Å². The van der Waals surface area contributed by atoms with Gasteiger partial charge in [-0.25, -0.2) is 4.39 Å². The predicted octanol–water partition coefficient (Wildman–Crippen LogP) is 3.07. The van der Waals surface area contributed by atoms with Gasteiger partial charge in [-0.1, -0.05) is 12.1 Å². The standard InChI is InChI=1S/C15H19FN2/c1-11-6-14(7-12(2)15(11)16)9-17-8-13-4-5-18(3)10-13/h4-7,10,17H,8-9H2,1-3H3. The molecule has 2 nitrogen and oxygen atoms in total. The van der Waals surface area contributed by atoms with Crippen LogP contribution in [0.4, 0.5) is 4.39 Å². The van der Waals surface area contributed by atoms with Crippen molar-refractivity contribution in [3.8, 4) is 0 Å². The Hall–Kier alpha value is -1.61. The maximum Gasteiger partial charge on any atom is 0.129 e. The highest BCUT2D eigenvalue weighted by Crippen LogP contribution is 2.14. The van der Waals surface area contributed by atoms with Gasteiger partial charge in [-0.3, -0.25) is 0 Å². The van der Waals surface area contributed by atoms with E-state index in [1.54, 1.807) is 0 Å². The van der Waals surface area contributed by atoms with E-state index in [0.29, 0.717) is 11.1 Å². The van der Waals surface area contributed by atoms with Crippen molar-refractivity contribution in [3.63, 3.8) is 0 Å². The van der Waals surface area contributed by atoms with E-state index >= 15 is 0 Å². The van der Waals surface area contributed by atoms with E-state index < -0.39 is 0 Å². The first-order valence-corrected chi connectivity index (χ1v) is 6.13. The van der Waals surface area contributed by atoms with Crippen molar-refractivity contribution in [1.82, 2.24) is 9.88 Å². The molecule has 18 heavy (non-hydrogen) atoms. The Bertz CT molecular complexity index is 520. The molecule has 0 saturated heterocycles. The first-order valence-electron chi connectivity index (χ1n) is 6.13. The number of hydrogen-bond donors (Lipinski definition) is 1. The summed E-state index contributed by atoms with van der Waals surface area (Å²) in [5, 5.41) is 3.37. The summed E-state index contributed by atoms with van der Waals surface area (Å²) in [5.74, 6) is -0.0955. The monoisotopic (exact) mass is 246 g/mol. The maximum absolute atomic E-state index is 13.5. The van der Waals surface area contributed by atoms with Crippen LogP contribution in [0.25, 0.3) is 0 Å². The van der Waals surface area contributed by atoms with E-state index in [1.807, 2.05) is 43.8 Å². The molecule has 2 aromatic rings. The summed E-state index contributed by atoms with van der Waals surface area (Å²) in [7, 11) is 2.01. The van der Waals surface area contributed by atoms with Crippen molar-refractivity contribution in [2.24, 2.45) is 7.05 Å². The second-order valence-electron chi connectivity index (χ2n) is 4.83. The van der Waals surface area contributed by atoms with Crippen LogP contribution in [-0.2, 0) is 20.1 Å². The molecular weight excluding hydrogens is 227 g/mol. The van der Waals surface area contributed by atoms with Gasteiger partial charge in [-0.2, -0.15) is 0 Å². The van der Waals surface area contributed by atoms with Crippen LogP contribution in [0.3, 0.4) is 0 Å². The highest BCUT2D eigenvalue weighted by molar-refractivity contribution is 5.30. The van der Waals surface area contributed by atoms with Crippen molar-refractivity contribution >= 4 is 0 Å². The smallest absolute Gasteiger partial charge is 0.129 e. The zero-order chi connectivity index (χ0) is 13.1. The van der Waals surface area contributed by atoms with E-state index in [4.69, 9.17) is 0 Å². The molecule has 1 aromatic carbocycles. The molecule has 0 radical (unpaired) electrons. The summed E-state index contributed by atoms with van der Waals surface area (Å²) < 4.78 is 15.5. The van der Waals surface area contributed by atoms with Crippen LogP contribution in [-0.4, -0.2) is 4.57 Å². The van der Waals surface area contributed by atoms with Crippen LogP contribution >= 0.6 is 0 Å². The van der Waals surface area contributed by atoms with Gasteiger partial charge in [0.2, 0.25) is 0 Å². The lowest BCUT2D eigenvalue weighted by Crippen LogP contribution is -2.12. The quantitative estimate of drug-likeness (QED) is 0.877. The van der Waals surface area contributed by atoms with Gasteiger partial charge in [-0.05, 0) is 42.2 Å². The van der Waals surface area contributed by atoms with Crippen LogP contribution in [0.2, 0.25) is 0 Å². The summed E-state index contributed by atoms with van der Waals surface area (Å²) in [4.78, 5) is 0. The van der Waals surface area contributed by atoms with Gasteiger partial charge in [0.1, 0.15) is 5.82 Å². The Balaban J connectivity index is 1.94. The Morgan fingerprint density at radius 1 is 1.11 bits per heavy atom. The SMILES string of the molecule is Cc1cc(CNCc2ccn(C)c2)cc(C)c1F. The van der Waals surface area contributed by atoms with Crippen LogP contribution in [0.15, 0.2) is 30.6 Å². The Morgan fingerprint density at radius 3 is 2.28 bits per heavy atom. The summed E-state index contributed by atoms with van der Waals surface area (Å²) in [6.07, 6.45) is 4.12. The molecule has 0 spiro atoms. The highest BCUT2D eigenvalue weighted by atomic mass is 19.1. The second kappa shape index (κ2) is 5.36. The molecule has 0 unspecified atom stereocenters. The average molecular weight is 246 g/mol. The molecule has 1 heterocycles. The zero-order valence-electron chi connectivity index (χ0n) is 11.1. The zero-order valence-corrected chi connectivity index (χ0v) is 11.1. The lowest BCUT2D eigenvalue weighted by molar-refractivity contribution is 0.606. The van der Waals surface area contributed by atoms with Crippen molar-refractivity contribution in [3.05, 3.63) is 58.7 Å². The summed E-state index contributed by atoms with van der Waals surface area (Å²) in [5.41, 5.74) is 3.81. The van der Waals surface area contributed by atoms with Crippen LogP contribution in [0.5, 0.6) is 0 Å². The topological polar surface area (TPSA) is 17.0 Å². The lowest BCUT2D eigenvalue weighted by atomic mass is 10.1. The lowest BCUT2D eigenvalue weighted by Gasteiger charge is -2.08. The van der Waals surface area contributed by atoms with E-state index in [9.17, 15) is 4.39 Å². The molecule has 0 atom stereocenters. The van der Waals surface area contributed by atoms with Crippen molar-refractivity contribution in [1.29, 1.82) is 0 Å². The minimum Gasteiger partial charge on any atom is -0.357 e. The first-order chi connectivity index (χ1) is 8.56. The van der Waals surface area contributed by atoms with Crippen LogP contribution < -0.4 is 5.32 Å². The average Bonchev–Trinajstić information content (AvgIpc) is 2.72. The predicted molar refractivity (Wildman–Crippen MR) is 71.8 cm³/mol. The third-order valence-corrected chi connectivity index (χ3v) is 3.05. The fourth-order valence-electron chi connectivity index (χ4n) is 2.15. The molecule has 0 saturated carbocycles. The minimum atomic E-state index is -0.0955. The van der Waals surface area contributed by atoms with E-state index in [1.165, 1.54) is 5.56 Å². The number of nitrogens with one attached hydrogen (secondary N) is 1. The van der Waals surface area contributed by atoms with Crippen molar-refractivity contribution in [2.75, 3.05) is 0 Å². The molecule has 1 N–H and O–H groups in total. The third-order valence-electron chi connectivity index (χ3n) is 3.05. The summed E-state index contributed by atoms with van der Waals surface area (Å²) in [6, 6.07) is 5.90. The summed E-state index contributed by atoms with van der Waals surface area (Å²) in [6.45, 7) is 5.21. The number of benzene rings is 1. The molecule has 0 amide bonds. The van der Waals surface area contributed by atoms with Crippen molar-refractivity contribution < 1.29 is 4.39 Å². The third kappa shape index (κ3) is 2.99. The van der Waals surface area contributed by atoms with Gasteiger partial charge in [-0.15, -0.1) is 0 Å². The van der Waals surface area contributed by atoms with Crippen LogP contribution in [0.1, 0.15) is 22.3 Å². The summed E-state index contributed by atoms with van der Waals surface area (Å²) >= 11 is 0. The van der Waals surface area contributed by atoms with E-state index in [-0.39, 0.29) is 5.82 Å². The largest absolute Gasteiger partial charge is 0.357 e. The number of nitrogens with zero attached hydrogens (tertiary/aromatic N) is 1. The second-order valence-corrected chi connectivity index (χ2v) is 4.83. The molecule has 0 aliphatic carbocycles. The van der Waals surface area contributed by atoms with Gasteiger partial charge in [0.25, 0.3) is 0 Å². The number of aromatic nitrogens is 1. The number of halogens is 1. The van der Waals surface area contributed by atoms with Gasteiger partial charge < -0.3 is 9.88 Å². The Labute approximate surface area is 107 Å². The number of aryl methyl sites for hydroxylation is 3. The molecule has 0 fully saturated rings. The number of hydrogen-bond acceptors (Lipinski definition) is 1. The molecular formula is C15H19FN2. The first kappa shape index (κ1) is 12.8. The fourth-order valence-corrected chi connectivity index (χ4v) is 2.15. The molecule has 0 aliphatic rings. The molecule has 0 bridgehead atoms. The van der Waals surface area contributed by atoms with E-state index in [0.717, 1.165) is 18.7 Å². The molecule has 96 valence electrons. The molecule has 3 heteroatoms. The normalized spacial score (nSPS) is 10.9. The number of rotatable bonds is 4. The molecule has 2 rings (SSSR count). The van der Waals surface area contributed by atoms with Gasteiger partial charge in [0, 0.05) is 32.5 Å². The van der Waals surface area contributed by atoms with Gasteiger partial charge >= 0.3 is 0 Å². The minimum absolute atomic E-state index is 0.0955. The Morgan fingerprint density at radius 2 is 1.72 bits per heavy atom. The fraction of sp³-hybridized carbons (Fsp3) is 0.333. The molecule has 0 aliphatic heterocycles. The molecule has 1 aromatic heterocycles. The van der Waals surface area contributed by atoms with Crippen molar-refractivity contribution in [2.45, 2.75) is 26.9 Å².